The van der Waals surface area contributed by atoms with Gasteiger partial charge >= 0.3 is 0 Å². The Labute approximate surface area is 127 Å². The van der Waals surface area contributed by atoms with Gasteiger partial charge in [-0.05, 0) is 25.5 Å². The summed E-state index contributed by atoms with van der Waals surface area (Å²) >= 11 is 0. The molecule has 1 amide bonds. The molecule has 1 N–H and O–H groups in total. The minimum absolute atomic E-state index is 0.0878. The fourth-order valence-electron chi connectivity index (χ4n) is 1.83. The van der Waals surface area contributed by atoms with Crippen LogP contribution in [-0.2, 0) is 0 Å². The third-order valence-electron chi connectivity index (χ3n) is 3.13. The standard InChI is InChI=1S/C16H15N3O3/c1-11-3-6-13(7-4-11)10-17-18-16(20)14-8-5-12(2)15(9-14)19(21)22/h3-10H,1-2H3,(H,18,20). The zero-order valence-corrected chi connectivity index (χ0v) is 12.2. The van der Waals surface area contributed by atoms with Crippen molar-refractivity contribution in [3.8, 4) is 0 Å². The van der Waals surface area contributed by atoms with Crippen LogP contribution in [0.4, 0.5) is 5.69 Å². The summed E-state index contributed by atoms with van der Waals surface area (Å²) in [7, 11) is 0. The minimum atomic E-state index is -0.512. The molecule has 0 radical (unpaired) electrons. The molecular weight excluding hydrogens is 282 g/mol. The van der Waals surface area contributed by atoms with E-state index in [4.69, 9.17) is 0 Å². The molecule has 0 aliphatic heterocycles. The van der Waals surface area contributed by atoms with Gasteiger partial charge in [0.1, 0.15) is 0 Å². The van der Waals surface area contributed by atoms with Gasteiger partial charge in [0.2, 0.25) is 0 Å². The zero-order chi connectivity index (χ0) is 16.1. The van der Waals surface area contributed by atoms with E-state index in [1.54, 1.807) is 6.92 Å². The van der Waals surface area contributed by atoms with Crippen LogP contribution in [0.15, 0.2) is 47.6 Å². The number of hydrogen-bond acceptors (Lipinski definition) is 4. The van der Waals surface area contributed by atoms with E-state index in [2.05, 4.69) is 10.5 Å². The number of rotatable bonds is 4. The number of amides is 1. The molecule has 0 aliphatic carbocycles. The molecular formula is C16H15N3O3. The second kappa shape index (κ2) is 6.62. The summed E-state index contributed by atoms with van der Waals surface area (Å²) in [5.74, 6) is -0.494. The minimum Gasteiger partial charge on any atom is -0.267 e. The zero-order valence-electron chi connectivity index (χ0n) is 12.2. The Morgan fingerprint density at radius 2 is 1.86 bits per heavy atom. The van der Waals surface area contributed by atoms with E-state index in [-0.39, 0.29) is 11.3 Å². The first-order chi connectivity index (χ1) is 10.5. The van der Waals surface area contributed by atoms with E-state index in [9.17, 15) is 14.9 Å². The highest BCUT2D eigenvalue weighted by molar-refractivity contribution is 5.95. The first kappa shape index (κ1) is 15.4. The van der Waals surface area contributed by atoms with Gasteiger partial charge in [-0.3, -0.25) is 14.9 Å². The molecule has 0 atom stereocenters. The third kappa shape index (κ3) is 3.76. The van der Waals surface area contributed by atoms with Crippen molar-refractivity contribution in [3.63, 3.8) is 0 Å². The average Bonchev–Trinajstić information content (AvgIpc) is 2.49. The number of carbonyl (C=O) groups excluding carboxylic acids is 1. The Morgan fingerprint density at radius 3 is 2.50 bits per heavy atom. The summed E-state index contributed by atoms with van der Waals surface area (Å²) in [4.78, 5) is 22.3. The molecule has 2 aromatic carbocycles. The lowest BCUT2D eigenvalue weighted by Crippen LogP contribution is -2.17. The summed E-state index contributed by atoms with van der Waals surface area (Å²) in [5.41, 5.74) is 4.95. The van der Waals surface area contributed by atoms with Crippen LogP contribution in [0.5, 0.6) is 0 Å². The van der Waals surface area contributed by atoms with E-state index in [0.29, 0.717) is 5.56 Å². The van der Waals surface area contributed by atoms with Crippen LogP contribution >= 0.6 is 0 Å². The fraction of sp³-hybridized carbons (Fsp3) is 0.125. The number of aryl methyl sites for hydroxylation is 2. The molecule has 0 saturated carbocycles. The van der Waals surface area contributed by atoms with Crippen molar-refractivity contribution in [1.82, 2.24) is 5.43 Å². The molecule has 0 fully saturated rings. The molecule has 6 heteroatoms. The summed E-state index contributed by atoms with van der Waals surface area (Å²) in [5, 5.41) is 14.7. The number of hydrogen-bond donors (Lipinski definition) is 1. The highest BCUT2D eigenvalue weighted by atomic mass is 16.6. The van der Waals surface area contributed by atoms with Crippen LogP contribution in [-0.4, -0.2) is 17.0 Å². The average molecular weight is 297 g/mol. The largest absolute Gasteiger partial charge is 0.273 e. The van der Waals surface area contributed by atoms with Gasteiger partial charge in [0.25, 0.3) is 11.6 Å². The van der Waals surface area contributed by atoms with Crippen LogP contribution in [0.1, 0.15) is 27.0 Å². The fourth-order valence-corrected chi connectivity index (χ4v) is 1.83. The second-order valence-electron chi connectivity index (χ2n) is 4.87. The molecule has 2 aromatic rings. The Bertz CT molecular complexity index is 737. The van der Waals surface area contributed by atoms with Gasteiger partial charge in [-0.1, -0.05) is 35.9 Å². The topological polar surface area (TPSA) is 84.6 Å². The number of nitro benzene ring substituents is 1. The quantitative estimate of drug-likeness (QED) is 0.535. The van der Waals surface area contributed by atoms with E-state index in [1.807, 2.05) is 31.2 Å². The lowest BCUT2D eigenvalue weighted by Gasteiger charge is -2.02. The molecule has 112 valence electrons. The van der Waals surface area contributed by atoms with E-state index >= 15 is 0 Å². The summed E-state index contributed by atoms with van der Waals surface area (Å²) in [6.07, 6.45) is 1.51. The maximum absolute atomic E-state index is 11.9. The maximum Gasteiger partial charge on any atom is 0.273 e. The Hall–Kier alpha value is -3.02. The summed E-state index contributed by atoms with van der Waals surface area (Å²) < 4.78 is 0. The number of benzene rings is 2. The molecule has 0 bridgehead atoms. The van der Waals surface area contributed by atoms with Gasteiger partial charge in [-0.15, -0.1) is 0 Å². The molecule has 0 heterocycles. The number of nitro groups is 1. The first-order valence-corrected chi connectivity index (χ1v) is 6.62. The van der Waals surface area contributed by atoms with Gasteiger partial charge in [-0.25, -0.2) is 5.43 Å². The molecule has 2 rings (SSSR count). The number of nitrogens with zero attached hydrogens (tertiary/aromatic N) is 2. The van der Waals surface area contributed by atoms with Crippen molar-refractivity contribution in [2.24, 2.45) is 5.10 Å². The molecule has 0 saturated heterocycles. The van der Waals surface area contributed by atoms with Crippen LogP contribution in [0.25, 0.3) is 0 Å². The third-order valence-corrected chi connectivity index (χ3v) is 3.13. The molecule has 0 aromatic heterocycles. The van der Waals surface area contributed by atoms with Gasteiger partial charge < -0.3 is 0 Å². The van der Waals surface area contributed by atoms with E-state index in [0.717, 1.165) is 11.1 Å². The van der Waals surface area contributed by atoms with Crippen molar-refractivity contribution in [2.75, 3.05) is 0 Å². The van der Waals surface area contributed by atoms with Gasteiger partial charge in [0.15, 0.2) is 0 Å². The van der Waals surface area contributed by atoms with Gasteiger partial charge in [-0.2, -0.15) is 5.10 Å². The number of carbonyl (C=O) groups is 1. The van der Waals surface area contributed by atoms with Crippen LogP contribution in [0.3, 0.4) is 0 Å². The van der Waals surface area contributed by atoms with Crippen molar-refractivity contribution in [3.05, 3.63) is 74.8 Å². The lowest BCUT2D eigenvalue weighted by atomic mass is 10.1. The molecule has 6 nitrogen and oxygen atoms in total. The van der Waals surface area contributed by atoms with Crippen molar-refractivity contribution in [2.45, 2.75) is 13.8 Å². The first-order valence-electron chi connectivity index (χ1n) is 6.62. The van der Waals surface area contributed by atoms with Crippen LogP contribution in [0.2, 0.25) is 0 Å². The predicted molar refractivity (Wildman–Crippen MR) is 84.1 cm³/mol. The normalized spacial score (nSPS) is 10.6. The van der Waals surface area contributed by atoms with Crippen molar-refractivity contribution >= 4 is 17.8 Å². The van der Waals surface area contributed by atoms with E-state index in [1.165, 1.54) is 24.4 Å². The lowest BCUT2D eigenvalue weighted by molar-refractivity contribution is -0.385. The molecule has 0 spiro atoms. The SMILES string of the molecule is Cc1ccc(C=NNC(=O)c2ccc(C)c([N+](=O)[O-])c2)cc1. The van der Waals surface area contributed by atoms with Crippen LogP contribution < -0.4 is 5.43 Å². The number of nitrogens with one attached hydrogen (secondary N) is 1. The Kier molecular flexibility index (Phi) is 4.63. The van der Waals surface area contributed by atoms with Crippen molar-refractivity contribution < 1.29 is 9.72 Å². The monoisotopic (exact) mass is 297 g/mol. The summed E-state index contributed by atoms with van der Waals surface area (Å²) in [6.45, 7) is 3.60. The second-order valence-corrected chi connectivity index (χ2v) is 4.87. The molecule has 0 aliphatic rings. The maximum atomic E-state index is 11.9. The van der Waals surface area contributed by atoms with Crippen molar-refractivity contribution in [1.29, 1.82) is 0 Å². The Balaban J connectivity index is 2.08. The van der Waals surface area contributed by atoms with E-state index < -0.39 is 10.8 Å². The smallest absolute Gasteiger partial charge is 0.267 e. The Morgan fingerprint density at radius 1 is 1.18 bits per heavy atom. The van der Waals surface area contributed by atoms with Gasteiger partial charge in [0.05, 0.1) is 11.1 Å². The van der Waals surface area contributed by atoms with Crippen LogP contribution in [0, 0.1) is 24.0 Å². The van der Waals surface area contributed by atoms with Gasteiger partial charge in [0, 0.05) is 17.2 Å². The molecule has 0 unspecified atom stereocenters. The summed E-state index contributed by atoms with van der Waals surface area (Å²) in [6, 6.07) is 11.9. The highest BCUT2D eigenvalue weighted by Crippen LogP contribution is 2.19. The predicted octanol–water partition coefficient (Wildman–Crippen LogP) is 2.98. The number of hydrazone groups is 1. The molecule has 22 heavy (non-hydrogen) atoms. The highest BCUT2D eigenvalue weighted by Gasteiger charge is 2.14.